The summed E-state index contributed by atoms with van der Waals surface area (Å²) >= 11 is 6.70. The van der Waals surface area contributed by atoms with Gasteiger partial charge in [-0.1, -0.05) is 48.4 Å². The number of hydrogen-bond acceptors (Lipinski definition) is 10. The van der Waals surface area contributed by atoms with E-state index in [1.165, 1.54) is 12.0 Å². The van der Waals surface area contributed by atoms with Crippen LogP contribution in [0.15, 0.2) is 54.1 Å². The highest BCUT2D eigenvalue weighted by molar-refractivity contribution is 6.34. The number of epoxide rings is 1. The van der Waals surface area contributed by atoms with Crippen LogP contribution in [0.5, 0.6) is 0 Å². The van der Waals surface area contributed by atoms with Crippen molar-refractivity contribution >= 4 is 46.6 Å². The monoisotopic (exact) mass is 729 g/mol. The maximum absolute atomic E-state index is 14.7. The highest BCUT2D eigenvalue weighted by atomic mass is 35.5. The number of allylic oxidation sites excluding steroid dienone is 3. The second-order valence-electron chi connectivity index (χ2n) is 13.7. The summed E-state index contributed by atoms with van der Waals surface area (Å²) in [6.07, 6.45) is 0.346. The molecule has 5 rings (SSSR count). The number of amides is 2. The Morgan fingerprint density at radius 2 is 1.96 bits per heavy atom. The van der Waals surface area contributed by atoms with Gasteiger partial charge >= 0.3 is 12.1 Å². The number of ether oxygens (including phenoxy) is 4. The largest absolute Gasteiger partial charge is 0.462 e. The fourth-order valence-corrected chi connectivity index (χ4v) is 7.12. The first kappa shape index (κ1) is 37.9. The minimum atomic E-state index is -1.61. The van der Waals surface area contributed by atoms with Crippen LogP contribution in [0.25, 0.3) is 0 Å². The van der Waals surface area contributed by atoms with Gasteiger partial charge in [0.05, 0.1) is 46.3 Å². The van der Waals surface area contributed by atoms with E-state index < -0.39 is 82.4 Å². The SMILES string of the molecule is CO[C@@H]1/C=C/C=C(\C)Cc2cc(C)c(Cl)c(c2)N(C)C(=O)C[C@H](OC(=O)Nc2ccc([N+](=O)[O-])cc2F)[C@]2(C)O[C@H]2[C@H](C)[C@@H]2C[C@@]1(O)CC(=O)O2. The van der Waals surface area contributed by atoms with E-state index in [0.29, 0.717) is 23.2 Å². The number of carbonyl (C=O) groups excluding carboxylic acids is 3. The van der Waals surface area contributed by atoms with Crippen LogP contribution in [-0.4, -0.2) is 77.8 Å². The van der Waals surface area contributed by atoms with Gasteiger partial charge in [0, 0.05) is 32.6 Å². The van der Waals surface area contributed by atoms with Crippen molar-refractivity contribution in [1.82, 2.24) is 0 Å². The fourth-order valence-electron chi connectivity index (χ4n) is 6.88. The number of halogens is 2. The van der Waals surface area contributed by atoms with Gasteiger partial charge in [0.1, 0.15) is 29.5 Å². The van der Waals surface area contributed by atoms with E-state index in [0.717, 1.165) is 28.8 Å². The van der Waals surface area contributed by atoms with Crippen LogP contribution in [0.2, 0.25) is 5.02 Å². The second kappa shape index (κ2) is 14.7. The standard InChI is InChI=1S/C36H41ClFN3O10/c1-19-8-7-9-28(48-6)36(45)17-27(49-31(43)18-36)21(3)33-35(4,51-33)29(50-34(44)39-25-11-10-23(41(46)47)15-24(25)38)16-30(42)40(5)26-14-22(12-19)13-20(2)32(26)37/h7-11,13-15,21,27-29,33,45H,12,16-18H2,1-6H3,(H,39,44)/b9-7+,19-8+/t21-,27+,28-,29+,33+,35+,36-/m1/s1. The number of nitrogens with one attached hydrogen (secondary N) is 1. The lowest BCUT2D eigenvalue weighted by Crippen LogP contribution is -2.53. The van der Waals surface area contributed by atoms with Crippen molar-refractivity contribution in [2.24, 2.45) is 5.92 Å². The van der Waals surface area contributed by atoms with Crippen molar-refractivity contribution in [3.05, 3.63) is 86.2 Å². The highest BCUT2D eigenvalue weighted by Gasteiger charge is 2.64. The van der Waals surface area contributed by atoms with Crippen molar-refractivity contribution in [3.63, 3.8) is 0 Å². The van der Waals surface area contributed by atoms with E-state index in [1.54, 1.807) is 39.1 Å². The predicted octanol–water partition coefficient (Wildman–Crippen LogP) is 5.97. The number of esters is 1. The van der Waals surface area contributed by atoms with Gasteiger partial charge in [-0.05, 0) is 50.5 Å². The molecule has 274 valence electrons. The number of benzene rings is 2. The highest BCUT2D eigenvalue weighted by Crippen LogP contribution is 2.49. The molecular formula is C36H41ClFN3O10. The molecule has 2 saturated heterocycles. The Hall–Kier alpha value is -4.37. The minimum absolute atomic E-state index is 0.0120. The maximum atomic E-state index is 14.7. The molecule has 0 radical (unpaired) electrons. The lowest BCUT2D eigenvalue weighted by molar-refractivity contribution is -0.385. The van der Waals surface area contributed by atoms with Crippen LogP contribution in [0, 0.1) is 28.8 Å². The van der Waals surface area contributed by atoms with Crippen molar-refractivity contribution < 1.29 is 47.8 Å². The van der Waals surface area contributed by atoms with Crippen molar-refractivity contribution in [2.75, 3.05) is 24.4 Å². The average Bonchev–Trinajstić information content (AvgIpc) is 3.75. The van der Waals surface area contributed by atoms with Gasteiger partial charge in [0.15, 0.2) is 5.82 Å². The summed E-state index contributed by atoms with van der Waals surface area (Å²) in [4.78, 5) is 51.7. The first-order valence-corrected chi connectivity index (χ1v) is 16.8. The number of methoxy groups -OCH3 is 1. The first-order chi connectivity index (χ1) is 23.9. The number of non-ortho nitro benzene ring substituents is 1. The van der Waals surface area contributed by atoms with Crippen molar-refractivity contribution in [1.29, 1.82) is 0 Å². The van der Waals surface area contributed by atoms with Crippen molar-refractivity contribution in [3.8, 4) is 0 Å². The molecule has 2 N–H and O–H groups in total. The van der Waals surface area contributed by atoms with Crippen LogP contribution in [0.4, 0.5) is 26.2 Å². The van der Waals surface area contributed by atoms with E-state index >= 15 is 0 Å². The molecule has 0 aromatic heterocycles. The Balaban J connectivity index is 1.52. The van der Waals surface area contributed by atoms with Gasteiger partial charge in [0.2, 0.25) is 5.91 Å². The van der Waals surface area contributed by atoms with Crippen molar-refractivity contribution in [2.45, 2.75) is 89.0 Å². The number of anilines is 2. The molecule has 3 heterocycles. The molecule has 0 spiro atoms. The molecule has 51 heavy (non-hydrogen) atoms. The normalized spacial score (nSPS) is 31.4. The summed E-state index contributed by atoms with van der Waals surface area (Å²) in [6.45, 7) is 7.15. The molecule has 7 atom stereocenters. The van der Waals surface area contributed by atoms with E-state index in [4.69, 9.17) is 30.5 Å². The Morgan fingerprint density at radius 1 is 1.24 bits per heavy atom. The minimum Gasteiger partial charge on any atom is -0.462 e. The molecule has 2 aromatic carbocycles. The summed E-state index contributed by atoms with van der Waals surface area (Å²) < 4.78 is 37.9. The topological polar surface area (TPSA) is 170 Å². The summed E-state index contributed by atoms with van der Waals surface area (Å²) in [5.41, 5.74) is -0.802. The summed E-state index contributed by atoms with van der Waals surface area (Å²) in [5.74, 6) is -2.73. The Kier molecular flexibility index (Phi) is 10.9. The molecular weight excluding hydrogens is 689 g/mol. The van der Waals surface area contributed by atoms with Crippen LogP contribution in [0.1, 0.15) is 51.2 Å². The van der Waals surface area contributed by atoms with Gasteiger partial charge < -0.3 is 29.0 Å². The molecule has 3 aliphatic rings. The Labute approximate surface area is 299 Å². The maximum Gasteiger partial charge on any atom is 0.412 e. The predicted molar refractivity (Wildman–Crippen MR) is 185 cm³/mol. The molecule has 4 bridgehead atoms. The van der Waals surface area contributed by atoms with E-state index in [9.17, 15) is 34.0 Å². The Morgan fingerprint density at radius 3 is 2.63 bits per heavy atom. The molecule has 2 amide bonds. The molecule has 2 aromatic rings. The van der Waals surface area contributed by atoms with Crippen LogP contribution in [0.3, 0.4) is 0 Å². The molecule has 0 saturated carbocycles. The number of carbonyl (C=O) groups is 3. The van der Waals surface area contributed by atoms with Gasteiger partial charge in [-0.15, -0.1) is 0 Å². The number of fused-ring (bicyclic) bond motifs is 5. The number of hydrogen-bond donors (Lipinski definition) is 2. The zero-order valence-corrected chi connectivity index (χ0v) is 29.9. The Bertz CT molecular complexity index is 1800. The third kappa shape index (κ3) is 8.09. The summed E-state index contributed by atoms with van der Waals surface area (Å²) in [5, 5.41) is 25.4. The van der Waals surface area contributed by atoms with Gasteiger partial charge in [0.25, 0.3) is 5.69 Å². The molecule has 2 fully saturated rings. The first-order valence-electron chi connectivity index (χ1n) is 16.4. The zero-order valence-electron chi connectivity index (χ0n) is 29.1. The van der Waals surface area contributed by atoms with Gasteiger partial charge in [-0.3, -0.25) is 25.0 Å². The fraction of sp³-hybridized carbons (Fsp3) is 0.472. The van der Waals surface area contributed by atoms with E-state index in [1.807, 2.05) is 26.0 Å². The zero-order chi connectivity index (χ0) is 37.4. The van der Waals surface area contributed by atoms with Crippen LogP contribution < -0.4 is 10.2 Å². The van der Waals surface area contributed by atoms with Gasteiger partial charge in [-0.25, -0.2) is 9.18 Å². The number of nitro benzene ring substituents is 1. The number of aliphatic hydroxyl groups is 1. The smallest absolute Gasteiger partial charge is 0.412 e. The molecule has 3 aliphatic heterocycles. The average molecular weight is 730 g/mol. The number of nitrogens with zero attached hydrogens (tertiary/aromatic N) is 2. The van der Waals surface area contributed by atoms with E-state index in [-0.39, 0.29) is 18.5 Å². The van der Waals surface area contributed by atoms with E-state index in [2.05, 4.69) is 5.32 Å². The summed E-state index contributed by atoms with van der Waals surface area (Å²) in [7, 11) is 2.99. The quantitative estimate of drug-likeness (QED) is 0.165. The number of rotatable bonds is 4. The second-order valence-corrected chi connectivity index (χ2v) is 14.0. The third-order valence-corrected chi connectivity index (χ3v) is 10.3. The van der Waals surface area contributed by atoms with Crippen LogP contribution >= 0.6 is 11.6 Å². The number of nitro groups is 1. The molecule has 13 nitrogen and oxygen atoms in total. The lowest BCUT2D eigenvalue weighted by atomic mass is 9.78. The van der Waals surface area contributed by atoms with Gasteiger partial charge in [-0.2, -0.15) is 0 Å². The molecule has 15 heteroatoms. The summed E-state index contributed by atoms with van der Waals surface area (Å²) in [6, 6.07) is 6.42. The molecule has 0 aliphatic carbocycles. The lowest BCUT2D eigenvalue weighted by Gasteiger charge is -2.41. The third-order valence-electron chi connectivity index (χ3n) is 9.85. The number of aryl methyl sites for hydroxylation is 1. The van der Waals surface area contributed by atoms with Crippen LogP contribution in [-0.2, 0) is 35.0 Å². The molecule has 0 unspecified atom stereocenters.